The Labute approximate surface area is 421 Å². The molecule has 0 bridgehead atoms. The summed E-state index contributed by atoms with van der Waals surface area (Å²) in [5.41, 5.74) is 14.9. The molecule has 2 unspecified atom stereocenters. The van der Waals surface area contributed by atoms with Gasteiger partial charge in [-0.2, -0.15) is 0 Å². The van der Waals surface area contributed by atoms with E-state index >= 15 is 0 Å². The second-order valence-corrected chi connectivity index (χ2v) is 19.1. The minimum absolute atomic E-state index is 0.00806. The molecule has 0 saturated carbocycles. The summed E-state index contributed by atoms with van der Waals surface area (Å²) in [6.45, 7) is 4.65. The van der Waals surface area contributed by atoms with E-state index in [0.29, 0.717) is 32.4 Å². The number of unbranched alkanes of at least 4 members (excludes halogenated alkanes) is 3. The van der Waals surface area contributed by atoms with E-state index in [4.69, 9.17) is 16.2 Å². The first-order chi connectivity index (χ1) is 34.7. The van der Waals surface area contributed by atoms with Crippen molar-refractivity contribution in [2.45, 2.75) is 146 Å². The highest BCUT2D eigenvalue weighted by Crippen LogP contribution is 2.25. The number of benzene rings is 3. The van der Waals surface area contributed by atoms with Crippen molar-refractivity contribution in [3.63, 3.8) is 0 Å². The number of amides is 7. The Balaban J connectivity index is 1.26. The van der Waals surface area contributed by atoms with Crippen LogP contribution in [0.25, 0.3) is 11.1 Å². The highest BCUT2D eigenvalue weighted by Gasteiger charge is 2.43. The van der Waals surface area contributed by atoms with Crippen LogP contribution in [0.15, 0.2) is 72.8 Å². The quantitative estimate of drug-likeness (QED) is 0.0934. The number of carbonyl (C=O) groups excluding carboxylic acids is 7. The average Bonchev–Trinajstić information content (AvgIpc) is 4.04. The summed E-state index contributed by atoms with van der Waals surface area (Å²) in [6, 6.07) is 13.2. The van der Waals surface area contributed by atoms with Crippen molar-refractivity contribution >= 4 is 41.4 Å². The van der Waals surface area contributed by atoms with Crippen molar-refractivity contribution < 1.29 is 48.5 Å². The normalized spacial score (nSPS) is 24.2. The smallest absolute Gasteiger partial charge is 0.251 e. The van der Waals surface area contributed by atoms with Crippen molar-refractivity contribution in [3.8, 4) is 22.6 Å². The maximum absolute atomic E-state index is 14.5. The molecule has 72 heavy (non-hydrogen) atoms. The van der Waals surface area contributed by atoms with Crippen LogP contribution < -0.4 is 42.8 Å². The van der Waals surface area contributed by atoms with E-state index < -0.39 is 89.7 Å². The van der Waals surface area contributed by atoms with Crippen LogP contribution in [-0.2, 0) is 35.2 Å². The Morgan fingerprint density at radius 2 is 1.46 bits per heavy atom. The summed E-state index contributed by atoms with van der Waals surface area (Å²) in [5, 5.41) is 34.9. The molecule has 3 aromatic rings. The first-order valence-electron chi connectivity index (χ1n) is 25.5. The van der Waals surface area contributed by atoms with Crippen molar-refractivity contribution in [2.24, 2.45) is 11.5 Å². The lowest BCUT2D eigenvalue weighted by molar-refractivity contribution is -0.144. The Morgan fingerprint density at radius 3 is 2.14 bits per heavy atom. The molecule has 11 N–H and O–H groups in total. The molecular formula is C53H73N9O10. The highest BCUT2D eigenvalue weighted by atomic mass is 16.5. The molecule has 3 fully saturated rings. The number of fused-ring (bicyclic) bond motifs is 2. The first kappa shape index (κ1) is 54.8. The fourth-order valence-electron chi connectivity index (χ4n) is 9.46. The van der Waals surface area contributed by atoms with Gasteiger partial charge < -0.3 is 62.8 Å². The first-order valence-corrected chi connectivity index (χ1v) is 25.5. The summed E-state index contributed by atoms with van der Waals surface area (Å²) in [4.78, 5) is 102. The Kier molecular flexibility index (Phi) is 20.3. The minimum atomic E-state index is -1.53. The van der Waals surface area contributed by atoms with E-state index in [-0.39, 0.29) is 75.9 Å². The average molecular weight is 996 g/mol. The third kappa shape index (κ3) is 15.0. The maximum atomic E-state index is 14.5. The number of phenolic OH excluding ortho intramolecular Hbond substituents is 1. The van der Waals surface area contributed by atoms with Gasteiger partial charge in [-0.15, -0.1) is 0 Å². The molecule has 7 amide bonds. The van der Waals surface area contributed by atoms with E-state index in [1.54, 1.807) is 36.4 Å². The zero-order valence-electron chi connectivity index (χ0n) is 41.5. The summed E-state index contributed by atoms with van der Waals surface area (Å²) in [7, 11) is 0. The van der Waals surface area contributed by atoms with E-state index in [9.17, 15) is 43.8 Å². The van der Waals surface area contributed by atoms with Gasteiger partial charge in [-0.3, -0.25) is 33.6 Å². The minimum Gasteiger partial charge on any atom is -0.508 e. The van der Waals surface area contributed by atoms with Gasteiger partial charge in [0.1, 0.15) is 47.8 Å². The molecule has 0 spiro atoms. The number of phenols is 1. The number of aromatic hydroxyl groups is 1. The molecule has 3 saturated heterocycles. The third-order valence-corrected chi connectivity index (χ3v) is 13.6. The predicted molar refractivity (Wildman–Crippen MR) is 270 cm³/mol. The molecule has 3 aromatic carbocycles. The molecule has 0 radical (unpaired) electrons. The Bertz CT molecular complexity index is 2310. The van der Waals surface area contributed by atoms with Crippen molar-refractivity contribution in [1.29, 1.82) is 0 Å². The monoisotopic (exact) mass is 996 g/mol. The van der Waals surface area contributed by atoms with Crippen LogP contribution in [0.5, 0.6) is 11.5 Å². The van der Waals surface area contributed by atoms with Gasteiger partial charge >= 0.3 is 0 Å². The zero-order valence-corrected chi connectivity index (χ0v) is 41.5. The fraction of sp³-hybridized carbons (Fsp3) is 0.528. The van der Waals surface area contributed by atoms with Crippen LogP contribution in [0, 0.1) is 0 Å². The summed E-state index contributed by atoms with van der Waals surface area (Å²) in [6.07, 6.45) is 4.24. The van der Waals surface area contributed by atoms with Crippen LogP contribution in [0.3, 0.4) is 0 Å². The van der Waals surface area contributed by atoms with Gasteiger partial charge in [0.2, 0.25) is 35.4 Å². The molecular weight excluding hydrogens is 923 g/mol. The van der Waals surface area contributed by atoms with Crippen molar-refractivity contribution in [1.82, 2.24) is 36.4 Å². The lowest BCUT2D eigenvalue weighted by Gasteiger charge is -2.32. The zero-order chi connectivity index (χ0) is 51.7. The number of aliphatic hydroxyl groups is 1. The number of carbonyl (C=O) groups is 7. The summed E-state index contributed by atoms with van der Waals surface area (Å²) < 4.78 is 5.85. The number of nitrogens with one attached hydrogen (secondary N) is 5. The van der Waals surface area contributed by atoms with Crippen LogP contribution in [0.2, 0.25) is 0 Å². The van der Waals surface area contributed by atoms with E-state index in [1.165, 1.54) is 28.9 Å². The predicted octanol–water partition coefficient (Wildman–Crippen LogP) is 2.15. The molecule has 390 valence electrons. The van der Waals surface area contributed by atoms with Gasteiger partial charge in [0.05, 0.1) is 12.7 Å². The number of aryl methyl sites for hydroxylation is 1. The van der Waals surface area contributed by atoms with Gasteiger partial charge in [0.25, 0.3) is 5.91 Å². The van der Waals surface area contributed by atoms with Gasteiger partial charge in [-0.25, -0.2) is 0 Å². The standard InChI is InChI=1S/C53H73N9O10/c1-3-4-7-30-72-40-24-20-36(21-25-40)35-16-18-37(19-17-35)47(65)57-41-11-8-28-56-50(68)45-31-38(55)32-62(45)52(70)43(10-5-6-27-54)59-48(66)42(26-15-34-13-22-39(64)23-14-34)58-51(69)44-12-9-29-61(44)53(71)46(33(2)63)60-49(41)67/h13-14,16-25,33,38,41-46,63-64H,3-12,15,26-32,54-55H2,1-2H3,(H,56,68)(H,57,65)(H,58,69)(H,59,66)(H,60,67)/t33?,38?,41-,42-,43-,44-,45-,46-/m0/s1. The lowest BCUT2D eigenvalue weighted by Crippen LogP contribution is -2.61. The fourth-order valence-corrected chi connectivity index (χ4v) is 9.46. The number of hydrogen-bond donors (Lipinski definition) is 9. The topological polar surface area (TPSA) is 288 Å². The van der Waals surface area contributed by atoms with Gasteiger partial charge in [-0.05, 0) is 137 Å². The van der Waals surface area contributed by atoms with Crippen molar-refractivity contribution in [3.05, 3.63) is 83.9 Å². The largest absolute Gasteiger partial charge is 0.508 e. The lowest BCUT2D eigenvalue weighted by atomic mass is 10.0. The second kappa shape index (κ2) is 26.8. The molecule has 6 rings (SSSR count). The molecule has 19 heteroatoms. The van der Waals surface area contributed by atoms with Crippen LogP contribution in [-0.4, -0.2) is 143 Å². The number of nitrogens with zero attached hydrogens (tertiary/aromatic N) is 2. The number of nitrogens with two attached hydrogens (primary N) is 2. The summed E-state index contributed by atoms with van der Waals surface area (Å²) >= 11 is 0. The molecule has 0 aromatic heterocycles. The number of aliphatic hydroxyl groups excluding tert-OH is 1. The van der Waals surface area contributed by atoms with Crippen LogP contribution >= 0.6 is 0 Å². The van der Waals surface area contributed by atoms with E-state index in [2.05, 4.69) is 33.5 Å². The van der Waals surface area contributed by atoms with Crippen LogP contribution in [0.1, 0.15) is 107 Å². The van der Waals surface area contributed by atoms with E-state index in [1.807, 2.05) is 24.3 Å². The second-order valence-electron chi connectivity index (χ2n) is 19.1. The number of ether oxygens (including phenoxy) is 1. The molecule has 0 aliphatic carbocycles. The molecule has 3 aliphatic heterocycles. The Morgan fingerprint density at radius 1 is 0.764 bits per heavy atom. The Hall–Kier alpha value is -6.57. The molecule has 3 aliphatic rings. The SMILES string of the molecule is CCCCCOc1ccc(-c2ccc(C(=O)N[C@H]3CCCNC(=O)[C@@H]4CC(N)CN4C(=O)[C@H](CCCCN)NC(=O)[C@H](CCc4ccc(O)cc4)NC(=O)[C@@H]4CCCN4C(=O)[C@H](C(C)O)NC3=O)cc2)cc1. The third-order valence-electron chi connectivity index (χ3n) is 13.6. The van der Waals surface area contributed by atoms with E-state index in [0.717, 1.165) is 41.7 Å². The maximum Gasteiger partial charge on any atom is 0.251 e. The van der Waals surface area contributed by atoms with Crippen LogP contribution in [0.4, 0.5) is 0 Å². The highest BCUT2D eigenvalue weighted by molar-refractivity contribution is 6.00. The molecule has 3 heterocycles. The number of hydrogen-bond acceptors (Lipinski definition) is 12. The van der Waals surface area contributed by atoms with Crippen molar-refractivity contribution in [2.75, 3.05) is 32.8 Å². The molecule has 19 nitrogen and oxygen atoms in total. The van der Waals surface area contributed by atoms with Gasteiger partial charge in [-0.1, -0.05) is 56.2 Å². The number of rotatable bonds is 16. The molecule has 8 atom stereocenters. The van der Waals surface area contributed by atoms with Gasteiger partial charge in [0, 0.05) is 31.2 Å². The van der Waals surface area contributed by atoms with Gasteiger partial charge in [0.15, 0.2) is 0 Å². The summed E-state index contributed by atoms with van der Waals surface area (Å²) in [5.74, 6) is -3.60.